The van der Waals surface area contributed by atoms with Crippen molar-refractivity contribution in [3.63, 3.8) is 0 Å². The van der Waals surface area contributed by atoms with E-state index in [-0.39, 0.29) is 11.8 Å². The molecule has 1 aliphatic heterocycles. The lowest BCUT2D eigenvalue weighted by atomic mass is 10.1. The van der Waals surface area contributed by atoms with Crippen molar-refractivity contribution in [3.8, 4) is 22.6 Å². The Labute approximate surface area is 179 Å². The van der Waals surface area contributed by atoms with Crippen LogP contribution in [0.5, 0.6) is 0 Å². The molecule has 0 radical (unpaired) electrons. The second-order valence-electron chi connectivity index (χ2n) is 7.05. The number of rotatable bonds is 4. The minimum absolute atomic E-state index is 0.0665. The van der Waals surface area contributed by atoms with E-state index in [2.05, 4.69) is 15.3 Å². The van der Waals surface area contributed by atoms with Gasteiger partial charge in [0.1, 0.15) is 0 Å². The van der Waals surface area contributed by atoms with Crippen molar-refractivity contribution in [2.24, 2.45) is 7.05 Å². The number of nitrogens with zero attached hydrogens (tertiary/aromatic N) is 5. The van der Waals surface area contributed by atoms with Crippen molar-refractivity contribution in [1.29, 1.82) is 0 Å². The molecular weight excluding hydrogens is 428 g/mol. The van der Waals surface area contributed by atoms with E-state index >= 15 is 0 Å². The van der Waals surface area contributed by atoms with Gasteiger partial charge in [0, 0.05) is 35.5 Å². The fourth-order valence-electron chi connectivity index (χ4n) is 3.64. The highest BCUT2D eigenvalue weighted by Gasteiger charge is 2.31. The van der Waals surface area contributed by atoms with Crippen molar-refractivity contribution in [2.45, 2.75) is 13.0 Å². The summed E-state index contributed by atoms with van der Waals surface area (Å²) in [5.74, 6) is -1.07. The maximum absolute atomic E-state index is 13.3. The molecule has 0 saturated carbocycles. The van der Waals surface area contributed by atoms with E-state index in [1.165, 1.54) is 0 Å². The first kappa shape index (κ1) is 19.4. The maximum Gasteiger partial charge on any atom is 0.314 e. The summed E-state index contributed by atoms with van der Waals surface area (Å²) >= 11 is 6.48. The monoisotopic (exact) mass is 441 g/mol. The first-order chi connectivity index (χ1) is 14.9. The van der Waals surface area contributed by atoms with Gasteiger partial charge in [0.2, 0.25) is 5.89 Å². The van der Waals surface area contributed by atoms with Crippen LogP contribution in [0.4, 0.5) is 14.5 Å². The van der Waals surface area contributed by atoms with Gasteiger partial charge in [-0.2, -0.15) is 13.9 Å². The molecule has 0 saturated heterocycles. The Bertz CT molecular complexity index is 1320. The van der Waals surface area contributed by atoms with Crippen LogP contribution in [0.2, 0.25) is 5.02 Å². The summed E-state index contributed by atoms with van der Waals surface area (Å²) in [6, 6.07) is 10.4. The predicted octanol–water partition coefficient (Wildman–Crippen LogP) is 4.89. The summed E-state index contributed by atoms with van der Waals surface area (Å²) in [6.07, 6.45) is 0.654. The fraction of sp³-hybridized carbons (Fsp3) is 0.143. The molecule has 2 aromatic carbocycles. The second kappa shape index (κ2) is 7.28. The predicted molar refractivity (Wildman–Crippen MR) is 109 cm³/mol. The van der Waals surface area contributed by atoms with Gasteiger partial charge in [-0.15, -0.1) is 10.2 Å². The smallest absolute Gasteiger partial charge is 0.314 e. The van der Waals surface area contributed by atoms with Gasteiger partial charge in [0.25, 0.3) is 11.8 Å². The summed E-state index contributed by atoms with van der Waals surface area (Å²) in [5.41, 5.74) is 3.77. The Morgan fingerprint density at radius 1 is 1.16 bits per heavy atom. The summed E-state index contributed by atoms with van der Waals surface area (Å²) in [4.78, 5) is 14.9. The van der Waals surface area contributed by atoms with E-state index < -0.39 is 12.3 Å². The third-order valence-electron chi connectivity index (χ3n) is 5.06. The first-order valence-corrected chi connectivity index (χ1v) is 9.64. The van der Waals surface area contributed by atoms with Crippen LogP contribution in [0.3, 0.4) is 0 Å². The molecule has 5 rings (SSSR count). The van der Waals surface area contributed by atoms with Crippen molar-refractivity contribution in [1.82, 2.24) is 20.0 Å². The largest absolute Gasteiger partial charge is 0.415 e. The number of hydrogen-bond acceptors (Lipinski definition) is 5. The highest BCUT2D eigenvalue weighted by molar-refractivity contribution is 6.34. The number of anilines is 1. The molecule has 4 aromatic rings. The van der Waals surface area contributed by atoms with Crippen LogP contribution < -0.4 is 4.90 Å². The zero-order valence-corrected chi connectivity index (χ0v) is 16.8. The normalized spacial score (nSPS) is 13.3. The zero-order chi connectivity index (χ0) is 21.7. The lowest BCUT2D eigenvalue weighted by Gasteiger charge is -2.20. The number of alkyl halides is 2. The molecule has 0 atom stereocenters. The number of carbonyl (C=O) groups excluding carboxylic acids is 1. The summed E-state index contributed by atoms with van der Waals surface area (Å²) < 4.78 is 32.2. The number of amides is 1. The Kier molecular flexibility index (Phi) is 4.55. The SMILES string of the molecule is Cn1cc(-c2c(Cl)cccc2N2Cc3ccc(-c4nnc(C(F)F)o4)cc3C2=O)cn1. The van der Waals surface area contributed by atoms with E-state index in [4.69, 9.17) is 16.0 Å². The molecule has 31 heavy (non-hydrogen) atoms. The van der Waals surface area contributed by atoms with E-state index in [9.17, 15) is 13.6 Å². The van der Waals surface area contributed by atoms with Crippen LogP contribution in [0.25, 0.3) is 22.6 Å². The average molecular weight is 442 g/mol. The average Bonchev–Trinajstić information content (AvgIpc) is 3.47. The third kappa shape index (κ3) is 3.27. The number of fused-ring (bicyclic) bond motifs is 1. The summed E-state index contributed by atoms with van der Waals surface area (Å²) in [5, 5.41) is 11.7. The maximum atomic E-state index is 13.3. The van der Waals surface area contributed by atoms with Crippen molar-refractivity contribution >= 4 is 23.2 Å². The number of aromatic nitrogens is 4. The third-order valence-corrected chi connectivity index (χ3v) is 5.38. The minimum Gasteiger partial charge on any atom is -0.415 e. The molecule has 0 unspecified atom stereocenters. The van der Waals surface area contributed by atoms with Crippen molar-refractivity contribution in [2.75, 3.05) is 4.90 Å². The highest BCUT2D eigenvalue weighted by atomic mass is 35.5. The lowest BCUT2D eigenvalue weighted by molar-refractivity contribution is 0.0996. The number of carbonyl (C=O) groups is 1. The van der Waals surface area contributed by atoms with E-state index in [0.29, 0.717) is 33.9 Å². The van der Waals surface area contributed by atoms with Gasteiger partial charge in [-0.25, -0.2) is 0 Å². The van der Waals surface area contributed by atoms with Crippen LogP contribution in [0, 0.1) is 0 Å². The molecule has 156 valence electrons. The molecule has 10 heteroatoms. The van der Waals surface area contributed by atoms with Crippen LogP contribution in [-0.2, 0) is 13.6 Å². The Morgan fingerprint density at radius 2 is 2.00 bits per heavy atom. The molecule has 1 amide bonds. The minimum atomic E-state index is -2.86. The Morgan fingerprint density at radius 3 is 2.71 bits per heavy atom. The van der Waals surface area contributed by atoms with Crippen LogP contribution in [0.15, 0.2) is 53.2 Å². The topological polar surface area (TPSA) is 77.0 Å². The number of halogens is 3. The number of benzene rings is 2. The van der Waals surface area contributed by atoms with Crippen molar-refractivity contribution in [3.05, 3.63) is 70.8 Å². The molecule has 1 aliphatic rings. The van der Waals surface area contributed by atoms with Gasteiger partial charge < -0.3 is 9.32 Å². The summed E-state index contributed by atoms with van der Waals surface area (Å²) in [6.45, 7) is 0.341. The molecule has 0 aliphatic carbocycles. The van der Waals surface area contributed by atoms with Crippen molar-refractivity contribution < 1.29 is 18.0 Å². The van der Waals surface area contributed by atoms with Crippen LogP contribution in [-0.4, -0.2) is 25.9 Å². The molecule has 0 spiro atoms. The lowest BCUT2D eigenvalue weighted by Crippen LogP contribution is -2.23. The first-order valence-electron chi connectivity index (χ1n) is 9.26. The zero-order valence-electron chi connectivity index (χ0n) is 16.1. The van der Waals surface area contributed by atoms with E-state index in [1.807, 2.05) is 12.3 Å². The fourth-order valence-corrected chi connectivity index (χ4v) is 3.92. The van der Waals surface area contributed by atoms with Gasteiger partial charge in [-0.3, -0.25) is 9.48 Å². The number of aryl methyl sites for hydroxylation is 1. The van der Waals surface area contributed by atoms with Crippen LogP contribution in [0.1, 0.15) is 28.2 Å². The van der Waals surface area contributed by atoms with E-state index in [1.54, 1.807) is 53.2 Å². The molecule has 0 N–H and O–H groups in total. The molecular formula is C21H14ClF2N5O2. The molecule has 0 fully saturated rings. The molecule has 3 heterocycles. The molecule has 0 bridgehead atoms. The second-order valence-corrected chi connectivity index (χ2v) is 7.45. The van der Waals surface area contributed by atoms with Gasteiger partial charge in [-0.05, 0) is 29.8 Å². The molecule has 7 nitrogen and oxygen atoms in total. The van der Waals surface area contributed by atoms with Gasteiger partial charge in [0.15, 0.2) is 0 Å². The Balaban J connectivity index is 1.53. The Hall–Kier alpha value is -3.59. The van der Waals surface area contributed by atoms with Gasteiger partial charge in [0.05, 0.1) is 23.5 Å². The molecule has 2 aromatic heterocycles. The van der Waals surface area contributed by atoms with Crippen LogP contribution >= 0.6 is 11.6 Å². The quantitative estimate of drug-likeness (QED) is 0.450. The number of hydrogen-bond donors (Lipinski definition) is 0. The van der Waals surface area contributed by atoms with Gasteiger partial charge >= 0.3 is 6.43 Å². The van der Waals surface area contributed by atoms with E-state index in [0.717, 1.165) is 11.1 Å². The standard InChI is InChI=1S/C21H14ClF2N5O2/c1-28-9-13(8-25-28)17-15(22)3-2-4-16(17)29-10-12-6-5-11(7-14(12)21(29)30)19-26-27-20(31-19)18(23)24/h2-9,18H,10H2,1H3. The van der Waals surface area contributed by atoms with Gasteiger partial charge in [-0.1, -0.05) is 23.7 Å². The highest BCUT2D eigenvalue weighted by Crippen LogP contribution is 2.40. The summed E-state index contributed by atoms with van der Waals surface area (Å²) in [7, 11) is 1.80.